The number of rotatable bonds is 7. The van der Waals surface area contributed by atoms with Gasteiger partial charge in [-0.3, -0.25) is 9.69 Å². The molecule has 0 fully saturated rings. The molecular weight excluding hydrogens is 254 g/mol. The van der Waals surface area contributed by atoms with Gasteiger partial charge in [0.05, 0.1) is 6.04 Å². The lowest BCUT2D eigenvalue weighted by atomic mass is 10.1. The van der Waals surface area contributed by atoms with Crippen LogP contribution in [0, 0.1) is 0 Å². The molecule has 1 rings (SSSR count). The summed E-state index contributed by atoms with van der Waals surface area (Å²) in [4.78, 5) is 14.3. The number of carbonyl (C=O) groups excluding carboxylic acids is 1. The molecule has 0 heterocycles. The Bertz CT molecular complexity index is 435. The minimum Gasteiger partial charge on any atom is -0.399 e. The monoisotopic (exact) mass is 279 g/mol. The van der Waals surface area contributed by atoms with Crippen molar-refractivity contribution >= 4 is 17.3 Å². The first-order valence-electron chi connectivity index (χ1n) is 6.98. The molecule has 20 heavy (non-hydrogen) atoms. The summed E-state index contributed by atoms with van der Waals surface area (Å²) >= 11 is 0. The summed E-state index contributed by atoms with van der Waals surface area (Å²) in [5.41, 5.74) is 7.02. The molecule has 5 nitrogen and oxygen atoms in total. The molecule has 0 saturated heterocycles. The summed E-state index contributed by atoms with van der Waals surface area (Å²) in [6.45, 7) is 6.79. The van der Waals surface area contributed by atoms with E-state index in [0.29, 0.717) is 24.3 Å². The fraction of sp³-hybridized carbons (Fsp3) is 0.533. The Labute approximate surface area is 120 Å². The van der Waals surface area contributed by atoms with Crippen LogP contribution in [0.5, 0.6) is 0 Å². The number of amides is 1. The highest BCUT2D eigenvalue weighted by Crippen LogP contribution is 2.14. The molecule has 1 aromatic rings. The third-order valence-corrected chi connectivity index (χ3v) is 3.27. The summed E-state index contributed by atoms with van der Waals surface area (Å²) in [5.74, 6) is -0.0674. The van der Waals surface area contributed by atoms with Crippen molar-refractivity contribution in [2.45, 2.75) is 39.3 Å². The second-order valence-electron chi connectivity index (χ2n) is 5.20. The summed E-state index contributed by atoms with van der Waals surface area (Å²) in [6.07, 6.45) is 0.661. The van der Waals surface area contributed by atoms with E-state index in [2.05, 4.69) is 10.2 Å². The molecule has 1 aromatic carbocycles. The van der Waals surface area contributed by atoms with Gasteiger partial charge in [0.2, 0.25) is 5.91 Å². The first-order chi connectivity index (χ1) is 9.45. The third-order valence-electron chi connectivity index (χ3n) is 3.27. The highest BCUT2D eigenvalue weighted by atomic mass is 16.3. The van der Waals surface area contributed by atoms with E-state index in [4.69, 9.17) is 10.8 Å². The van der Waals surface area contributed by atoms with Gasteiger partial charge >= 0.3 is 0 Å². The minimum atomic E-state index is -0.261. The van der Waals surface area contributed by atoms with Crippen LogP contribution in [0.25, 0.3) is 0 Å². The van der Waals surface area contributed by atoms with Gasteiger partial charge in [-0.1, -0.05) is 6.07 Å². The number of nitrogens with zero attached hydrogens (tertiary/aromatic N) is 1. The standard InChI is InChI=1S/C15H25N3O2/c1-11(2)18(8-5-9-19)12(3)15(20)17-14-7-4-6-13(16)10-14/h4,6-7,10-12,19H,5,8-9,16H2,1-3H3,(H,17,20). The summed E-state index contributed by atoms with van der Waals surface area (Å²) < 4.78 is 0. The van der Waals surface area contributed by atoms with Crippen LogP contribution in [-0.2, 0) is 4.79 Å². The molecule has 0 bridgehead atoms. The van der Waals surface area contributed by atoms with Crippen molar-refractivity contribution in [2.24, 2.45) is 0 Å². The molecule has 1 atom stereocenters. The van der Waals surface area contributed by atoms with Gasteiger partial charge in [0.15, 0.2) is 0 Å². The number of anilines is 2. The number of hydrogen-bond donors (Lipinski definition) is 3. The number of nitrogens with two attached hydrogens (primary N) is 1. The molecule has 0 aliphatic heterocycles. The first kappa shape index (κ1) is 16.5. The number of nitrogens with one attached hydrogen (secondary N) is 1. The first-order valence-corrected chi connectivity index (χ1v) is 6.98. The number of carbonyl (C=O) groups is 1. The van der Waals surface area contributed by atoms with Crippen molar-refractivity contribution in [2.75, 3.05) is 24.2 Å². The van der Waals surface area contributed by atoms with E-state index < -0.39 is 0 Å². The molecular formula is C15H25N3O2. The Balaban J connectivity index is 2.68. The van der Waals surface area contributed by atoms with Crippen LogP contribution in [0.2, 0.25) is 0 Å². The average molecular weight is 279 g/mol. The fourth-order valence-electron chi connectivity index (χ4n) is 2.17. The largest absolute Gasteiger partial charge is 0.399 e. The quantitative estimate of drug-likeness (QED) is 0.664. The van der Waals surface area contributed by atoms with Crippen LogP contribution in [0.15, 0.2) is 24.3 Å². The molecule has 4 N–H and O–H groups in total. The van der Waals surface area contributed by atoms with Gasteiger partial charge in [0, 0.05) is 30.6 Å². The van der Waals surface area contributed by atoms with Gasteiger partial charge in [-0.2, -0.15) is 0 Å². The maximum absolute atomic E-state index is 12.3. The second-order valence-corrected chi connectivity index (χ2v) is 5.20. The van der Waals surface area contributed by atoms with Gasteiger partial charge in [0.25, 0.3) is 0 Å². The van der Waals surface area contributed by atoms with Crippen molar-refractivity contribution in [3.8, 4) is 0 Å². The zero-order valence-corrected chi connectivity index (χ0v) is 12.5. The Hall–Kier alpha value is -1.59. The van der Waals surface area contributed by atoms with Crippen LogP contribution in [0.1, 0.15) is 27.2 Å². The number of nitrogen functional groups attached to an aromatic ring is 1. The SMILES string of the molecule is CC(C)N(CCCO)C(C)C(=O)Nc1cccc(N)c1. The molecule has 1 amide bonds. The molecule has 0 aliphatic rings. The lowest BCUT2D eigenvalue weighted by molar-refractivity contribution is -0.121. The third kappa shape index (κ3) is 4.83. The van der Waals surface area contributed by atoms with Crippen molar-refractivity contribution in [1.82, 2.24) is 4.90 Å². The Morgan fingerprint density at radius 2 is 2.10 bits per heavy atom. The van der Waals surface area contributed by atoms with Gasteiger partial charge in [-0.25, -0.2) is 0 Å². The Morgan fingerprint density at radius 3 is 2.65 bits per heavy atom. The van der Waals surface area contributed by atoms with E-state index in [1.54, 1.807) is 12.1 Å². The van der Waals surface area contributed by atoms with Crippen LogP contribution in [-0.4, -0.2) is 41.1 Å². The lowest BCUT2D eigenvalue weighted by Crippen LogP contribution is -2.46. The molecule has 0 saturated carbocycles. The Morgan fingerprint density at radius 1 is 1.40 bits per heavy atom. The van der Waals surface area contributed by atoms with Crippen molar-refractivity contribution in [3.05, 3.63) is 24.3 Å². The molecule has 0 radical (unpaired) electrons. The summed E-state index contributed by atoms with van der Waals surface area (Å²) in [5, 5.41) is 11.8. The minimum absolute atomic E-state index is 0.0674. The summed E-state index contributed by atoms with van der Waals surface area (Å²) in [6, 6.07) is 7.11. The van der Waals surface area contributed by atoms with Crippen LogP contribution in [0.4, 0.5) is 11.4 Å². The predicted octanol–water partition coefficient (Wildman–Crippen LogP) is 1.69. The van der Waals surface area contributed by atoms with E-state index in [9.17, 15) is 4.79 Å². The average Bonchev–Trinajstić information content (AvgIpc) is 2.38. The molecule has 5 heteroatoms. The summed E-state index contributed by atoms with van der Waals surface area (Å²) in [7, 11) is 0. The Kier molecular flexibility index (Phi) is 6.48. The van der Waals surface area contributed by atoms with E-state index in [1.165, 1.54) is 0 Å². The van der Waals surface area contributed by atoms with Gasteiger partial charge in [0.1, 0.15) is 0 Å². The molecule has 112 valence electrons. The second kappa shape index (κ2) is 7.87. The maximum Gasteiger partial charge on any atom is 0.241 e. The molecule has 0 spiro atoms. The topological polar surface area (TPSA) is 78.6 Å². The van der Waals surface area contributed by atoms with Crippen molar-refractivity contribution in [1.29, 1.82) is 0 Å². The number of benzene rings is 1. The predicted molar refractivity (Wildman–Crippen MR) is 82.5 cm³/mol. The van der Waals surface area contributed by atoms with E-state index in [1.807, 2.05) is 32.9 Å². The van der Waals surface area contributed by atoms with Gasteiger partial charge in [-0.15, -0.1) is 0 Å². The molecule has 0 aliphatic carbocycles. The number of aliphatic hydroxyl groups excluding tert-OH is 1. The smallest absolute Gasteiger partial charge is 0.241 e. The number of hydrogen-bond acceptors (Lipinski definition) is 4. The molecule has 0 aromatic heterocycles. The van der Waals surface area contributed by atoms with E-state index >= 15 is 0 Å². The van der Waals surface area contributed by atoms with Crippen LogP contribution in [0.3, 0.4) is 0 Å². The molecule has 1 unspecified atom stereocenters. The fourth-order valence-corrected chi connectivity index (χ4v) is 2.17. The van der Waals surface area contributed by atoms with Crippen molar-refractivity contribution < 1.29 is 9.90 Å². The number of aliphatic hydroxyl groups is 1. The highest BCUT2D eigenvalue weighted by molar-refractivity contribution is 5.94. The zero-order valence-electron chi connectivity index (χ0n) is 12.5. The van der Waals surface area contributed by atoms with E-state index in [0.717, 1.165) is 0 Å². The van der Waals surface area contributed by atoms with Gasteiger partial charge in [-0.05, 0) is 45.4 Å². The zero-order chi connectivity index (χ0) is 15.1. The van der Waals surface area contributed by atoms with Gasteiger partial charge < -0.3 is 16.2 Å². The lowest BCUT2D eigenvalue weighted by Gasteiger charge is -2.31. The van der Waals surface area contributed by atoms with Crippen LogP contribution >= 0.6 is 0 Å². The maximum atomic E-state index is 12.3. The van der Waals surface area contributed by atoms with E-state index in [-0.39, 0.29) is 24.6 Å². The van der Waals surface area contributed by atoms with Crippen LogP contribution < -0.4 is 11.1 Å². The van der Waals surface area contributed by atoms with Crippen molar-refractivity contribution in [3.63, 3.8) is 0 Å². The normalized spacial score (nSPS) is 12.7. The highest BCUT2D eigenvalue weighted by Gasteiger charge is 2.23.